The lowest BCUT2D eigenvalue weighted by molar-refractivity contribution is 0.0975. The van der Waals surface area contributed by atoms with E-state index in [1.165, 1.54) is 6.33 Å². The molecule has 21 heavy (non-hydrogen) atoms. The second-order valence-electron chi connectivity index (χ2n) is 4.19. The van der Waals surface area contributed by atoms with Crippen LogP contribution in [-0.2, 0) is 7.05 Å². The van der Waals surface area contributed by atoms with E-state index in [9.17, 15) is 9.59 Å². The number of carbonyl (C=O) groups is 2. The number of hydrogen-bond donors (Lipinski definition) is 3. The van der Waals surface area contributed by atoms with Gasteiger partial charge in [0.15, 0.2) is 10.8 Å². The molecule has 0 aliphatic heterocycles. The first-order valence-electron chi connectivity index (χ1n) is 5.97. The van der Waals surface area contributed by atoms with Gasteiger partial charge in [-0.3, -0.25) is 14.9 Å². The molecule has 7 nitrogen and oxygen atoms in total. The van der Waals surface area contributed by atoms with E-state index in [1.54, 1.807) is 35.9 Å². The quantitative estimate of drug-likeness (QED) is 0.722. The number of amides is 2. The van der Waals surface area contributed by atoms with Crippen LogP contribution in [0.4, 0.5) is 5.82 Å². The molecule has 0 bridgehead atoms. The van der Waals surface area contributed by atoms with Crippen molar-refractivity contribution in [3.8, 4) is 0 Å². The fourth-order valence-electron chi connectivity index (χ4n) is 1.66. The van der Waals surface area contributed by atoms with Crippen molar-refractivity contribution in [2.24, 2.45) is 12.8 Å². The van der Waals surface area contributed by atoms with E-state index in [2.05, 4.69) is 15.6 Å². The highest BCUT2D eigenvalue weighted by molar-refractivity contribution is 7.80. The third-order valence-corrected chi connectivity index (χ3v) is 2.87. The number of rotatable bonds is 3. The number of aromatic nitrogens is 2. The minimum atomic E-state index is -0.685. The Bertz CT molecular complexity index is 696. The number of nitrogens with one attached hydrogen (secondary N) is 2. The highest BCUT2D eigenvalue weighted by Crippen LogP contribution is 2.12. The summed E-state index contributed by atoms with van der Waals surface area (Å²) >= 11 is 5.05. The molecule has 4 N–H and O–H groups in total. The molecule has 108 valence electrons. The lowest BCUT2D eigenvalue weighted by Crippen LogP contribution is -2.35. The fourth-order valence-corrected chi connectivity index (χ4v) is 1.85. The summed E-state index contributed by atoms with van der Waals surface area (Å²) in [6.45, 7) is 0. The van der Waals surface area contributed by atoms with E-state index in [4.69, 9.17) is 18.0 Å². The van der Waals surface area contributed by atoms with E-state index in [0.29, 0.717) is 11.4 Å². The second kappa shape index (κ2) is 6.14. The van der Waals surface area contributed by atoms with Gasteiger partial charge in [0.2, 0.25) is 0 Å². The zero-order valence-corrected chi connectivity index (χ0v) is 12.0. The highest BCUT2D eigenvalue weighted by atomic mass is 32.1. The summed E-state index contributed by atoms with van der Waals surface area (Å²) in [6.07, 6.45) is 1.42. The number of imidazole rings is 1. The fraction of sp³-hybridized carbons (Fsp3) is 0.0769. The first kappa shape index (κ1) is 14.7. The van der Waals surface area contributed by atoms with Gasteiger partial charge in [0.25, 0.3) is 11.8 Å². The Labute approximate surface area is 126 Å². The zero-order chi connectivity index (χ0) is 15.4. The average molecular weight is 303 g/mol. The van der Waals surface area contributed by atoms with Crippen LogP contribution in [0.25, 0.3) is 0 Å². The Hall–Kier alpha value is -2.74. The van der Waals surface area contributed by atoms with Crippen molar-refractivity contribution < 1.29 is 9.59 Å². The summed E-state index contributed by atoms with van der Waals surface area (Å²) < 4.78 is 1.54. The number of primary amides is 1. The van der Waals surface area contributed by atoms with Gasteiger partial charge in [0.1, 0.15) is 5.82 Å². The van der Waals surface area contributed by atoms with Crippen LogP contribution in [-0.4, -0.2) is 26.5 Å². The van der Waals surface area contributed by atoms with Crippen LogP contribution in [0.1, 0.15) is 20.8 Å². The average Bonchev–Trinajstić information content (AvgIpc) is 2.81. The number of thiocarbonyl (C=S) groups is 1. The summed E-state index contributed by atoms with van der Waals surface area (Å²) in [7, 11) is 1.67. The summed E-state index contributed by atoms with van der Waals surface area (Å²) in [4.78, 5) is 27.0. The van der Waals surface area contributed by atoms with Crippen LogP contribution in [0.2, 0.25) is 0 Å². The number of aryl methyl sites for hydroxylation is 1. The normalized spacial score (nSPS) is 9.95. The molecule has 2 aromatic rings. The standard InChI is InChI=1S/C13H13N5O2S/c1-18-7-15-9(10(14)19)11(18)16-13(21)17-12(20)8-5-3-2-4-6-8/h2-7H,1H3,(H2,14,19)(H2,16,17,20,21). The Kier molecular flexibility index (Phi) is 4.29. The Morgan fingerprint density at radius 1 is 1.29 bits per heavy atom. The number of nitrogens with two attached hydrogens (primary N) is 1. The number of hydrogen-bond acceptors (Lipinski definition) is 4. The first-order chi connectivity index (χ1) is 9.99. The summed E-state index contributed by atoms with van der Waals surface area (Å²) in [5, 5.41) is 5.31. The molecule has 0 fully saturated rings. The molecule has 0 saturated heterocycles. The van der Waals surface area contributed by atoms with Gasteiger partial charge in [-0.05, 0) is 24.4 Å². The van der Waals surface area contributed by atoms with Gasteiger partial charge < -0.3 is 15.6 Å². The zero-order valence-electron chi connectivity index (χ0n) is 11.2. The van der Waals surface area contributed by atoms with Crippen molar-refractivity contribution in [3.05, 3.63) is 47.9 Å². The van der Waals surface area contributed by atoms with Crippen molar-refractivity contribution in [1.29, 1.82) is 0 Å². The first-order valence-corrected chi connectivity index (χ1v) is 6.38. The van der Waals surface area contributed by atoms with Crippen molar-refractivity contribution in [3.63, 3.8) is 0 Å². The molecule has 1 aromatic heterocycles. The van der Waals surface area contributed by atoms with Crippen molar-refractivity contribution >= 4 is 35.0 Å². The number of benzene rings is 1. The van der Waals surface area contributed by atoms with E-state index in [-0.39, 0.29) is 16.7 Å². The lowest BCUT2D eigenvalue weighted by atomic mass is 10.2. The Balaban J connectivity index is 2.08. The number of nitrogens with zero attached hydrogens (tertiary/aromatic N) is 2. The third-order valence-electron chi connectivity index (χ3n) is 2.67. The van der Waals surface area contributed by atoms with Gasteiger partial charge in [-0.1, -0.05) is 18.2 Å². The molecule has 2 rings (SSSR count). The van der Waals surface area contributed by atoms with Crippen LogP contribution >= 0.6 is 12.2 Å². The molecular weight excluding hydrogens is 290 g/mol. The number of anilines is 1. The molecular formula is C13H13N5O2S. The van der Waals surface area contributed by atoms with Crippen LogP contribution < -0.4 is 16.4 Å². The summed E-state index contributed by atoms with van der Waals surface area (Å²) in [5.74, 6) is -0.716. The molecule has 0 unspecified atom stereocenters. The molecule has 8 heteroatoms. The molecule has 0 aliphatic carbocycles. The summed E-state index contributed by atoms with van der Waals surface area (Å²) in [5.41, 5.74) is 5.73. The van der Waals surface area contributed by atoms with Crippen LogP contribution in [0.3, 0.4) is 0 Å². The minimum absolute atomic E-state index is 0.0498. The molecule has 0 saturated carbocycles. The van der Waals surface area contributed by atoms with Gasteiger partial charge in [-0.15, -0.1) is 0 Å². The predicted molar refractivity (Wildman–Crippen MR) is 81.9 cm³/mol. The van der Waals surface area contributed by atoms with E-state index in [1.807, 2.05) is 6.07 Å². The van der Waals surface area contributed by atoms with E-state index in [0.717, 1.165) is 0 Å². The Morgan fingerprint density at radius 2 is 1.95 bits per heavy atom. The molecule has 0 spiro atoms. The monoisotopic (exact) mass is 303 g/mol. The maximum atomic E-state index is 11.9. The molecule has 2 amide bonds. The topological polar surface area (TPSA) is 102 Å². The SMILES string of the molecule is Cn1cnc(C(N)=O)c1NC(=S)NC(=O)c1ccccc1. The van der Waals surface area contributed by atoms with Gasteiger partial charge >= 0.3 is 0 Å². The lowest BCUT2D eigenvalue weighted by Gasteiger charge is -2.10. The molecule has 0 radical (unpaired) electrons. The Morgan fingerprint density at radius 3 is 2.57 bits per heavy atom. The summed E-state index contributed by atoms with van der Waals surface area (Å²) in [6, 6.07) is 8.63. The second-order valence-corrected chi connectivity index (χ2v) is 4.60. The maximum Gasteiger partial charge on any atom is 0.271 e. The smallest absolute Gasteiger partial charge is 0.271 e. The van der Waals surface area contributed by atoms with Gasteiger partial charge in [0, 0.05) is 12.6 Å². The largest absolute Gasteiger partial charge is 0.364 e. The van der Waals surface area contributed by atoms with Gasteiger partial charge in [0.05, 0.1) is 6.33 Å². The molecule has 0 atom stereocenters. The van der Waals surface area contributed by atoms with Crippen molar-refractivity contribution in [2.45, 2.75) is 0 Å². The molecule has 1 aromatic carbocycles. The van der Waals surface area contributed by atoms with Crippen LogP contribution in [0.15, 0.2) is 36.7 Å². The third kappa shape index (κ3) is 3.42. The molecule has 1 heterocycles. The van der Waals surface area contributed by atoms with Crippen LogP contribution in [0, 0.1) is 0 Å². The van der Waals surface area contributed by atoms with E-state index >= 15 is 0 Å². The highest BCUT2D eigenvalue weighted by Gasteiger charge is 2.16. The van der Waals surface area contributed by atoms with Gasteiger partial charge in [-0.25, -0.2) is 4.98 Å². The van der Waals surface area contributed by atoms with Crippen molar-refractivity contribution in [1.82, 2.24) is 14.9 Å². The predicted octanol–water partition coefficient (Wildman–Crippen LogP) is 0.646. The minimum Gasteiger partial charge on any atom is -0.364 e. The maximum absolute atomic E-state index is 11.9. The van der Waals surface area contributed by atoms with Crippen molar-refractivity contribution in [2.75, 3.05) is 5.32 Å². The van der Waals surface area contributed by atoms with Crippen LogP contribution in [0.5, 0.6) is 0 Å². The number of carbonyl (C=O) groups excluding carboxylic acids is 2. The molecule has 0 aliphatic rings. The van der Waals surface area contributed by atoms with Gasteiger partial charge in [-0.2, -0.15) is 0 Å². The van der Waals surface area contributed by atoms with E-state index < -0.39 is 5.91 Å².